The van der Waals surface area contributed by atoms with E-state index in [4.69, 9.17) is 12.2 Å². The van der Waals surface area contributed by atoms with Crippen molar-refractivity contribution in [1.82, 2.24) is 0 Å². The van der Waals surface area contributed by atoms with E-state index in [0.29, 0.717) is 10.1 Å². The molecule has 0 aliphatic carbocycles. The molecule has 1 aliphatic heterocycles. The number of carbonyl (C=O) groups excluding carboxylic acids is 1. The highest BCUT2D eigenvalue weighted by Gasteiger charge is 2.29. The molecule has 0 radical (unpaired) electrons. The fourth-order valence-electron chi connectivity index (χ4n) is 1.73. The molecule has 1 aromatic carbocycles. The Kier molecular flexibility index (Phi) is 2.80. The molecule has 2 rings (SSSR count). The first-order valence-corrected chi connectivity index (χ1v) is 6.06. The van der Waals surface area contributed by atoms with Gasteiger partial charge in [0.2, 0.25) is 5.91 Å². The van der Waals surface area contributed by atoms with Gasteiger partial charge in [0.05, 0.1) is 11.4 Å². The van der Waals surface area contributed by atoms with E-state index in [1.807, 2.05) is 32.0 Å². The van der Waals surface area contributed by atoms with Gasteiger partial charge in [-0.3, -0.25) is 9.69 Å². The molecule has 0 aromatic heterocycles. The molecule has 0 saturated carbocycles. The Morgan fingerprint density at radius 2 is 1.93 bits per heavy atom. The lowest BCUT2D eigenvalue weighted by Crippen LogP contribution is -2.29. The summed E-state index contributed by atoms with van der Waals surface area (Å²) in [6, 6.07) is 5.99. The Balaban J connectivity index is 2.53. The van der Waals surface area contributed by atoms with Gasteiger partial charge >= 0.3 is 0 Å². The van der Waals surface area contributed by atoms with Crippen LogP contribution in [0, 0.1) is 13.8 Å². The van der Waals surface area contributed by atoms with Gasteiger partial charge in [-0.1, -0.05) is 42.2 Å². The topological polar surface area (TPSA) is 20.3 Å². The molecule has 0 bridgehead atoms. The fraction of sp³-hybridized carbons (Fsp3) is 0.273. The molecule has 1 aromatic rings. The number of nitrogens with zero attached hydrogens (tertiary/aromatic N) is 1. The second kappa shape index (κ2) is 3.94. The molecular weight excluding hydrogens is 226 g/mol. The molecular formula is C11H11NOS2. The number of anilines is 1. The largest absolute Gasteiger partial charge is 0.273 e. The quantitative estimate of drug-likeness (QED) is 0.700. The summed E-state index contributed by atoms with van der Waals surface area (Å²) in [4.78, 5) is 13.4. The second-order valence-electron chi connectivity index (χ2n) is 3.52. The van der Waals surface area contributed by atoms with Crippen molar-refractivity contribution >= 4 is 39.9 Å². The van der Waals surface area contributed by atoms with Crippen LogP contribution in [0.3, 0.4) is 0 Å². The first kappa shape index (κ1) is 10.6. The maximum absolute atomic E-state index is 11.7. The number of hydrogen-bond acceptors (Lipinski definition) is 3. The van der Waals surface area contributed by atoms with Crippen LogP contribution in [-0.4, -0.2) is 16.0 Å². The molecule has 0 spiro atoms. The molecule has 1 saturated heterocycles. The number of hydrogen-bond donors (Lipinski definition) is 0. The average Bonchev–Trinajstić information content (AvgIpc) is 2.49. The predicted octanol–water partition coefficient (Wildman–Crippen LogP) is 2.67. The van der Waals surface area contributed by atoms with Crippen molar-refractivity contribution < 1.29 is 4.79 Å². The van der Waals surface area contributed by atoms with Crippen molar-refractivity contribution in [3.05, 3.63) is 29.3 Å². The number of thiocarbonyl (C=S) groups is 1. The van der Waals surface area contributed by atoms with Crippen LogP contribution in [-0.2, 0) is 4.79 Å². The van der Waals surface area contributed by atoms with E-state index >= 15 is 0 Å². The minimum atomic E-state index is 0.0856. The zero-order valence-electron chi connectivity index (χ0n) is 8.61. The Hall–Kier alpha value is -0.870. The Morgan fingerprint density at radius 1 is 1.33 bits per heavy atom. The van der Waals surface area contributed by atoms with E-state index in [-0.39, 0.29) is 5.91 Å². The van der Waals surface area contributed by atoms with Crippen LogP contribution < -0.4 is 4.90 Å². The number of thioether (sulfide) groups is 1. The molecule has 15 heavy (non-hydrogen) atoms. The van der Waals surface area contributed by atoms with Crippen LogP contribution in [0.1, 0.15) is 11.1 Å². The van der Waals surface area contributed by atoms with E-state index in [1.165, 1.54) is 11.8 Å². The van der Waals surface area contributed by atoms with Gasteiger partial charge in [0.25, 0.3) is 0 Å². The molecule has 0 atom stereocenters. The second-order valence-corrected chi connectivity index (χ2v) is 5.13. The molecule has 1 heterocycles. The van der Waals surface area contributed by atoms with Gasteiger partial charge in [-0.15, -0.1) is 0 Å². The van der Waals surface area contributed by atoms with Crippen molar-refractivity contribution in [3.8, 4) is 0 Å². The minimum absolute atomic E-state index is 0.0856. The fourth-order valence-corrected chi connectivity index (χ4v) is 2.80. The summed E-state index contributed by atoms with van der Waals surface area (Å²) in [6.07, 6.45) is 0. The monoisotopic (exact) mass is 237 g/mol. The highest BCUT2D eigenvalue weighted by molar-refractivity contribution is 8.24. The lowest BCUT2D eigenvalue weighted by molar-refractivity contribution is -0.115. The molecule has 4 heteroatoms. The highest BCUT2D eigenvalue weighted by Crippen LogP contribution is 2.31. The van der Waals surface area contributed by atoms with Gasteiger partial charge in [0.1, 0.15) is 4.32 Å². The Bertz CT molecular complexity index is 406. The van der Waals surface area contributed by atoms with E-state index < -0.39 is 0 Å². The first-order valence-electron chi connectivity index (χ1n) is 4.67. The third-order valence-electron chi connectivity index (χ3n) is 2.41. The number of rotatable bonds is 1. The number of benzene rings is 1. The van der Waals surface area contributed by atoms with E-state index in [0.717, 1.165) is 16.8 Å². The van der Waals surface area contributed by atoms with Crippen LogP contribution in [0.4, 0.5) is 5.69 Å². The van der Waals surface area contributed by atoms with Gasteiger partial charge in [-0.25, -0.2) is 0 Å². The molecule has 78 valence electrons. The van der Waals surface area contributed by atoms with Gasteiger partial charge < -0.3 is 0 Å². The smallest absolute Gasteiger partial charge is 0.243 e. The first-order chi connectivity index (χ1) is 7.11. The third-order valence-corrected chi connectivity index (χ3v) is 3.77. The minimum Gasteiger partial charge on any atom is -0.273 e. The van der Waals surface area contributed by atoms with Crippen molar-refractivity contribution in [2.24, 2.45) is 0 Å². The Labute approximate surface area is 98.7 Å². The molecule has 0 unspecified atom stereocenters. The zero-order valence-corrected chi connectivity index (χ0v) is 10.2. The normalized spacial score (nSPS) is 16.3. The van der Waals surface area contributed by atoms with E-state index in [9.17, 15) is 4.79 Å². The van der Waals surface area contributed by atoms with E-state index in [2.05, 4.69) is 0 Å². The maximum Gasteiger partial charge on any atom is 0.243 e. The van der Waals surface area contributed by atoms with Gasteiger partial charge in [0.15, 0.2) is 0 Å². The molecule has 1 aliphatic rings. The van der Waals surface area contributed by atoms with Crippen LogP contribution >= 0.6 is 24.0 Å². The van der Waals surface area contributed by atoms with Gasteiger partial charge in [0, 0.05) is 0 Å². The predicted molar refractivity (Wildman–Crippen MR) is 68.5 cm³/mol. The lowest BCUT2D eigenvalue weighted by atomic mass is 10.1. The summed E-state index contributed by atoms with van der Waals surface area (Å²) >= 11 is 6.62. The number of aryl methyl sites for hydroxylation is 2. The summed E-state index contributed by atoms with van der Waals surface area (Å²) in [5, 5.41) is 0. The number of amides is 1. The Morgan fingerprint density at radius 3 is 2.40 bits per heavy atom. The molecule has 2 nitrogen and oxygen atoms in total. The number of para-hydroxylation sites is 1. The number of carbonyl (C=O) groups is 1. The van der Waals surface area contributed by atoms with E-state index in [1.54, 1.807) is 4.90 Å². The van der Waals surface area contributed by atoms with Gasteiger partial charge in [-0.05, 0) is 25.0 Å². The lowest BCUT2D eigenvalue weighted by Gasteiger charge is -2.19. The summed E-state index contributed by atoms with van der Waals surface area (Å²) in [5.41, 5.74) is 3.14. The third kappa shape index (κ3) is 1.79. The van der Waals surface area contributed by atoms with Crippen LogP contribution in [0.2, 0.25) is 0 Å². The van der Waals surface area contributed by atoms with Crippen molar-refractivity contribution in [1.29, 1.82) is 0 Å². The summed E-state index contributed by atoms with van der Waals surface area (Å²) in [5.74, 6) is 0.550. The molecule has 1 fully saturated rings. The standard InChI is InChI=1S/C11H11NOS2/c1-7-4-3-5-8(2)10(7)12-9(13)6-15-11(12)14/h3-5H,6H2,1-2H3. The van der Waals surface area contributed by atoms with Crippen molar-refractivity contribution in [2.75, 3.05) is 10.7 Å². The average molecular weight is 237 g/mol. The SMILES string of the molecule is Cc1cccc(C)c1N1C(=O)CSC1=S. The van der Waals surface area contributed by atoms with Gasteiger partial charge in [-0.2, -0.15) is 0 Å². The summed E-state index contributed by atoms with van der Waals surface area (Å²) < 4.78 is 0.664. The van der Waals surface area contributed by atoms with Crippen LogP contribution in [0.15, 0.2) is 18.2 Å². The maximum atomic E-state index is 11.7. The highest BCUT2D eigenvalue weighted by atomic mass is 32.2. The van der Waals surface area contributed by atoms with Crippen molar-refractivity contribution in [2.45, 2.75) is 13.8 Å². The van der Waals surface area contributed by atoms with Crippen LogP contribution in [0.25, 0.3) is 0 Å². The summed E-state index contributed by atoms with van der Waals surface area (Å²) in [6.45, 7) is 4.00. The molecule has 0 N–H and O–H groups in total. The molecule has 1 amide bonds. The summed E-state index contributed by atoms with van der Waals surface area (Å²) in [7, 11) is 0. The zero-order chi connectivity index (χ0) is 11.0. The van der Waals surface area contributed by atoms with Crippen molar-refractivity contribution in [3.63, 3.8) is 0 Å². The van der Waals surface area contributed by atoms with Crippen LogP contribution in [0.5, 0.6) is 0 Å².